The van der Waals surface area contributed by atoms with Crippen LogP contribution in [0.1, 0.15) is 50.4 Å². The molecule has 4 aromatic rings. The average Bonchev–Trinajstić information content (AvgIpc) is 2.80. The van der Waals surface area contributed by atoms with Crippen molar-refractivity contribution in [3.63, 3.8) is 0 Å². The first-order chi connectivity index (χ1) is 15.8. The minimum absolute atomic E-state index is 0.126. The number of anilines is 2. The Bertz CT molecular complexity index is 1370. The quantitative estimate of drug-likeness (QED) is 0.401. The third-order valence-corrected chi connectivity index (χ3v) is 5.70. The summed E-state index contributed by atoms with van der Waals surface area (Å²) in [6.45, 7) is 6.00. The van der Waals surface area contributed by atoms with E-state index in [9.17, 15) is 9.59 Å². The second kappa shape index (κ2) is 9.08. The molecule has 0 fully saturated rings. The lowest BCUT2D eigenvalue weighted by Crippen LogP contribution is -2.14. The zero-order valence-electron chi connectivity index (χ0n) is 18.7. The molecular formula is C26H25N5O2. The molecule has 4 rings (SSSR count). The van der Waals surface area contributed by atoms with Gasteiger partial charge in [0.2, 0.25) is 0 Å². The van der Waals surface area contributed by atoms with Gasteiger partial charge in [0.25, 0.3) is 11.8 Å². The lowest BCUT2D eigenvalue weighted by Gasteiger charge is -2.17. The molecule has 0 spiro atoms. The van der Waals surface area contributed by atoms with E-state index in [4.69, 9.17) is 5.73 Å². The van der Waals surface area contributed by atoms with Crippen LogP contribution in [0.4, 0.5) is 11.5 Å². The fourth-order valence-electron chi connectivity index (χ4n) is 3.66. The van der Waals surface area contributed by atoms with Gasteiger partial charge in [-0.2, -0.15) is 0 Å². The van der Waals surface area contributed by atoms with E-state index in [1.54, 1.807) is 12.1 Å². The van der Waals surface area contributed by atoms with E-state index in [0.29, 0.717) is 33.5 Å². The van der Waals surface area contributed by atoms with Crippen molar-refractivity contribution in [2.24, 2.45) is 5.73 Å². The Hall–Kier alpha value is -4.26. The van der Waals surface area contributed by atoms with Gasteiger partial charge in [0.1, 0.15) is 12.1 Å². The first kappa shape index (κ1) is 22.0. The average molecular weight is 440 g/mol. The summed E-state index contributed by atoms with van der Waals surface area (Å²) in [6, 6.07) is 18.4. The van der Waals surface area contributed by atoms with Crippen molar-refractivity contribution in [1.82, 2.24) is 9.97 Å². The Morgan fingerprint density at radius 1 is 0.939 bits per heavy atom. The van der Waals surface area contributed by atoms with Crippen molar-refractivity contribution in [3.05, 3.63) is 94.8 Å². The molecule has 0 saturated heterocycles. The normalized spacial score (nSPS) is 11.7. The van der Waals surface area contributed by atoms with Crippen molar-refractivity contribution in [2.45, 2.75) is 26.8 Å². The maximum Gasteiger partial charge on any atom is 0.255 e. The molecule has 0 aliphatic carbocycles. The molecule has 3 aromatic carbocycles. The number of nitrogens with one attached hydrogen (secondary N) is 2. The van der Waals surface area contributed by atoms with Crippen LogP contribution in [0.2, 0.25) is 0 Å². The Balaban J connectivity index is 1.55. The first-order valence-corrected chi connectivity index (χ1v) is 10.6. The number of nitrogens with zero attached hydrogens (tertiary/aromatic N) is 2. The maximum atomic E-state index is 12.7. The Kier molecular flexibility index (Phi) is 6.04. The monoisotopic (exact) mass is 439 g/mol. The minimum Gasteiger partial charge on any atom is -0.366 e. The van der Waals surface area contributed by atoms with E-state index in [2.05, 4.69) is 20.6 Å². The number of carbonyl (C=O) groups is 2. The molecule has 1 heterocycles. The van der Waals surface area contributed by atoms with E-state index in [1.165, 1.54) is 6.33 Å². The number of hydrogen-bond acceptors (Lipinski definition) is 5. The third-order valence-electron chi connectivity index (χ3n) is 5.70. The van der Waals surface area contributed by atoms with E-state index in [1.807, 2.05) is 69.3 Å². The minimum atomic E-state index is -0.537. The summed E-state index contributed by atoms with van der Waals surface area (Å²) < 4.78 is 0. The lowest BCUT2D eigenvalue weighted by molar-refractivity contribution is 0.0998. The fraction of sp³-hybridized carbons (Fsp3) is 0.154. The number of para-hydroxylation sites is 1. The van der Waals surface area contributed by atoms with Crippen LogP contribution < -0.4 is 16.4 Å². The van der Waals surface area contributed by atoms with Crippen LogP contribution in [0.5, 0.6) is 0 Å². The van der Waals surface area contributed by atoms with Gasteiger partial charge in [-0.1, -0.05) is 24.3 Å². The number of hydrogen-bond donors (Lipinski definition) is 3. The molecule has 7 heteroatoms. The van der Waals surface area contributed by atoms with Gasteiger partial charge in [0.15, 0.2) is 0 Å². The van der Waals surface area contributed by atoms with Crippen molar-refractivity contribution in [1.29, 1.82) is 0 Å². The van der Waals surface area contributed by atoms with E-state index < -0.39 is 5.91 Å². The van der Waals surface area contributed by atoms with E-state index >= 15 is 0 Å². The zero-order chi connectivity index (χ0) is 23.5. The highest BCUT2D eigenvalue weighted by atomic mass is 16.2. The molecule has 0 aliphatic heterocycles. The highest BCUT2D eigenvalue weighted by Gasteiger charge is 2.14. The molecular weight excluding hydrogens is 414 g/mol. The summed E-state index contributed by atoms with van der Waals surface area (Å²) >= 11 is 0. The molecule has 4 N–H and O–H groups in total. The smallest absolute Gasteiger partial charge is 0.255 e. The predicted molar refractivity (Wildman–Crippen MR) is 130 cm³/mol. The molecule has 1 aromatic heterocycles. The number of nitrogens with two attached hydrogens (primary N) is 1. The number of primary amides is 1. The number of aryl methyl sites for hydroxylation is 2. The van der Waals surface area contributed by atoms with E-state index in [-0.39, 0.29) is 11.9 Å². The molecule has 0 radical (unpaired) electrons. The van der Waals surface area contributed by atoms with Crippen LogP contribution in [0.25, 0.3) is 10.9 Å². The molecule has 0 aliphatic rings. The highest BCUT2D eigenvalue weighted by Crippen LogP contribution is 2.27. The van der Waals surface area contributed by atoms with Crippen molar-refractivity contribution in [2.75, 3.05) is 10.6 Å². The molecule has 1 atom stereocenters. The van der Waals surface area contributed by atoms with Gasteiger partial charge in [0, 0.05) is 16.6 Å². The molecule has 1 unspecified atom stereocenters. The second-order valence-electron chi connectivity index (χ2n) is 8.03. The van der Waals surface area contributed by atoms with Gasteiger partial charge < -0.3 is 16.4 Å². The summed E-state index contributed by atoms with van der Waals surface area (Å²) in [6.07, 6.45) is 1.41. The predicted octanol–water partition coefficient (Wildman–Crippen LogP) is 4.77. The van der Waals surface area contributed by atoms with E-state index in [0.717, 1.165) is 16.7 Å². The number of aromatic nitrogens is 2. The van der Waals surface area contributed by atoms with Gasteiger partial charge >= 0.3 is 0 Å². The topological polar surface area (TPSA) is 110 Å². The molecule has 0 bridgehead atoms. The maximum absolute atomic E-state index is 12.7. The Labute approximate surface area is 192 Å². The van der Waals surface area contributed by atoms with Crippen LogP contribution in [-0.4, -0.2) is 21.8 Å². The summed E-state index contributed by atoms with van der Waals surface area (Å²) in [5, 5.41) is 7.06. The third kappa shape index (κ3) is 4.67. The number of fused-ring (bicyclic) bond motifs is 1. The summed E-state index contributed by atoms with van der Waals surface area (Å²) in [7, 11) is 0. The summed E-state index contributed by atoms with van der Waals surface area (Å²) in [5.74, 6) is -0.0951. The van der Waals surface area contributed by atoms with Crippen molar-refractivity contribution >= 4 is 34.2 Å². The van der Waals surface area contributed by atoms with Gasteiger partial charge in [-0.3, -0.25) is 9.59 Å². The molecule has 2 amide bonds. The van der Waals surface area contributed by atoms with Crippen molar-refractivity contribution in [3.8, 4) is 0 Å². The standard InChI is InChI=1S/C26H25N5O2/c1-15-10-11-19(12-16(15)2)26(33)31-20-7-4-6-18(13-20)17(3)30-25-22-9-5-8-21(24(27)32)23(22)28-14-29-25/h4-14,17H,1-3H3,(H2,27,32)(H,31,33)(H,28,29,30). The SMILES string of the molecule is Cc1ccc(C(=O)Nc2cccc(C(C)Nc3ncnc4c(C(N)=O)cccc34)c2)cc1C. The van der Waals surface area contributed by atoms with Crippen LogP contribution in [0.3, 0.4) is 0 Å². The molecule has 33 heavy (non-hydrogen) atoms. The van der Waals surface area contributed by atoms with Gasteiger partial charge in [-0.15, -0.1) is 0 Å². The molecule has 7 nitrogen and oxygen atoms in total. The largest absolute Gasteiger partial charge is 0.366 e. The summed E-state index contributed by atoms with van der Waals surface area (Å²) in [4.78, 5) is 33.0. The van der Waals surface area contributed by atoms with Crippen molar-refractivity contribution < 1.29 is 9.59 Å². The second-order valence-corrected chi connectivity index (χ2v) is 8.03. The van der Waals surface area contributed by atoms with Gasteiger partial charge in [-0.25, -0.2) is 9.97 Å². The van der Waals surface area contributed by atoms with Crippen LogP contribution in [0.15, 0.2) is 67.0 Å². The Morgan fingerprint density at radius 2 is 1.73 bits per heavy atom. The van der Waals surface area contributed by atoms with Crippen LogP contribution in [0, 0.1) is 13.8 Å². The zero-order valence-corrected chi connectivity index (χ0v) is 18.7. The lowest BCUT2D eigenvalue weighted by atomic mass is 10.0. The van der Waals surface area contributed by atoms with Crippen LogP contribution in [-0.2, 0) is 0 Å². The van der Waals surface area contributed by atoms with Crippen LogP contribution >= 0.6 is 0 Å². The van der Waals surface area contributed by atoms with Gasteiger partial charge in [-0.05, 0) is 73.9 Å². The number of rotatable bonds is 6. The highest BCUT2D eigenvalue weighted by molar-refractivity contribution is 6.07. The fourth-order valence-corrected chi connectivity index (χ4v) is 3.66. The molecule has 0 saturated carbocycles. The molecule has 166 valence electrons. The Morgan fingerprint density at radius 3 is 2.48 bits per heavy atom. The summed E-state index contributed by atoms with van der Waals surface area (Å²) in [5.41, 5.74) is 10.8. The van der Waals surface area contributed by atoms with Gasteiger partial charge in [0.05, 0.1) is 17.1 Å². The first-order valence-electron chi connectivity index (χ1n) is 10.6. The number of carbonyl (C=O) groups excluding carboxylic acids is 2. The number of amides is 2. The number of benzene rings is 3.